The van der Waals surface area contributed by atoms with Gasteiger partial charge in [0, 0.05) is 39.1 Å². The molecule has 0 bridgehead atoms. The Kier molecular flexibility index (Phi) is 6.95. The van der Waals surface area contributed by atoms with Crippen LogP contribution in [-0.2, 0) is 11.8 Å². The second-order valence-corrected chi connectivity index (χ2v) is 6.36. The summed E-state index contributed by atoms with van der Waals surface area (Å²) in [5.41, 5.74) is 0. The molecule has 1 aromatic heterocycles. The normalized spacial score (nSPS) is 17.1. The van der Waals surface area contributed by atoms with Crippen LogP contribution in [0, 0.1) is 0 Å². The molecule has 136 valence electrons. The van der Waals surface area contributed by atoms with Crippen LogP contribution in [0.5, 0.6) is 5.75 Å². The SMILES string of the molecule is Cl.Cn1ccnc1C1CNCCN1C(=O)COc1c(Cl)cccc1Cl. The highest BCUT2D eigenvalue weighted by Crippen LogP contribution is 2.32. The molecule has 6 nitrogen and oxygen atoms in total. The lowest BCUT2D eigenvalue weighted by molar-refractivity contribution is -0.137. The number of hydrogen-bond acceptors (Lipinski definition) is 4. The number of aromatic nitrogens is 2. The van der Waals surface area contributed by atoms with Crippen molar-refractivity contribution in [2.75, 3.05) is 26.2 Å². The van der Waals surface area contributed by atoms with Gasteiger partial charge in [-0.25, -0.2) is 4.98 Å². The smallest absolute Gasteiger partial charge is 0.261 e. The van der Waals surface area contributed by atoms with Gasteiger partial charge in [0.25, 0.3) is 5.91 Å². The lowest BCUT2D eigenvalue weighted by Crippen LogP contribution is -2.50. The maximum Gasteiger partial charge on any atom is 0.261 e. The second-order valence-electron chi connectivity index (χ2n) is 5.54. The van der Waals surface area contributed by atoms with E-state index in [0.717, 1.165) is 12.4 Å². The molecule has 1 amide bonds. The standard InChI is InChI=1S/C16H18Cl2N4O2.ClH/c1-21-7-6-20-16(21)13-9-19-5-8-22(13)14(23)10-24-15-11(17)3-2-4-12(15)18;/h2-4,6-7,13,19H,5,8-10H2,1H3;1H. The van der Waals surface area contributed by atoms with Gasteiger partial charge in [-0.15, -0.1) is 12.4 Å². The van der Waals surface area contributed by atoms with Gasteiger partial charge >= 0.3 is 0 Å². The van der Waals surface area contributed by atoms with E-state index in [1.807, 2.05) is 17.8 Å². The molecule has 2 heterocycles. The number of amides is 1. The van der Waals surface area contributed by atoms with Crippen molar-refractivity contribution in [1.29, 1.82) is 0 Å². The minimum Gasteiger partial charge on any atom is -0.481 e. The van der Waals surface area contributed by atoms with Crippen LogP contribution in [0.25, 0.3) is 0 Å². The number of benzene rings is 1. The van der Waals surface area contributed by atoms with Gasteiger partial charge in [-0.1, -0.05) is 29.3 Å². The summed E-state index contributed by atoms with van der Waals surface area (Å²) in [6.07, 6.45) is 3.60. The molecule has 1 fully saturated rings. The van der Waals surface area contributed by atoms with E-state index in [2.05, 4.69) is 10.3 Å². The number of hydrogen-bond donors (Lipinski definition) is 1. The van der Waals surface area contributed by atoms with Crippen LogP contribution in [0.4, 0.5) is 0 Å². The molecule has 25 heavy (non-hydrogen) atoms. The van der Waals surface area contributed by atoms with E-state index in [-0.39, 0.29) is 31.0 Å². The third kappa shape index (κ3) is 4.39. The van der Waals surface area contributed by atoms with Crippen molar-refractivity contribution in [2.45, 2.75) is 6.04 Å². The molecule has 1 aliphatic heterocycles. The molecule has 9 heteroatoms. The molecule has 0 aliphatic carbocycles. The van der Waals surface area contributed by atoms with Crippen LogP contribution in [0.1, 0.15) is 11.9 Å². The van der Waals surface area contributed by atoms with E-state index in [1.165, 1.54) is 0 Å². The van der Waals surface area contributed by atoms with Gasteiger partial charge in [0.05, 0.1) is 10.0 Å². The summed E-state index contributed by atoms with van der Waals surface area (Å²) in [6, 6.07) is 4.95. The molecule has 1 N–H and O–H groups in total. The number of nitrogens with one attached hydrogen (secondary N) is 1. The summed E-state index contributed by atoms with van der Waals surface area (Å²) in [6.45, 7) is 1.86. The molecule has 1 atom stereocenters. The Hall–Kier alpha value is -1.47. The molecule has 1 unspecified atom stereocenters. The molecule has 0 radical (unpaired) electrons. The molecule has 1 aliphatic rings. The average Bonchev–Trinajstić information content (AvgIpc) is 3.00. The van der Waals surface area contributed by atoms with Crippen molar-refractivity contribution in [3.05, 3.63) is 46.5 Å². The van der Waals surface area contributed by atoms with Gasteiger partial charge in [0.2, 0.25) is 0 Å². The number of piperazine rings is 1. The van der Waals surface area contributed by atoms with E-state index >= 15 is 0 Å². The molecule has 2 aromatic rings. The first-order chi connectivity index (χ1) is 11.6. The number of halogens is 3. The van der Waals surface area contributed by atoms with Crippen LogP contribution in [-0.4, -0.2) is 46.6 Å². The van der Waals surface area contributed by atoms with Crippen LogP contribution in [0.2, 0.25) is 10.0 Å². The quantitative estimate of drug-likeness (QED) is 0.850. The maximum absolute atomic E-state index is 12.7. The average molecular weight is 406 g/mol. The zero-order valence-corrected chi connectivity index (χ0v) is 15.9. The lowest BCUT2D eigenvalue weighted by atomic mass is 10.1. The highest BCUT2D eigenvalue weighted by Gasteiger charge is 2.30. The zero-order chi connectivity index (χ0) is 17.1. The Labute approximate surface area is 162 Å². The number of imidazole rings is 1. The molecule has 1 saturated heterocycles. The Morgan fingerprint density at radius 1 is 1.40 bits per heavy atom. The second kappa shape index (κ2) is 8.76. The fourth-order valence-corrected chi connectivity index (χ4v) is 3.28. The summed E-state index contributed by atoms with van der Waals surface area (Å²) < 4.78 is 7.50. The van der Waals surface area contributed by atoms with Crippen molar-refractivity contribution < 1.29 is 9.53 Å². The van der Waals surface area contributed by atoms with Crippen molar-refractivity contribution >= 4 is 41.5 Å². The van der Waals surface area contributed by atoms with E-state index in [4.69, 9.17) is 27.9 Å². The minimum atomic E-state index is -0.128. The molecular weight excluding hydrogens is 387 g/mol. The Morgan fingerprint density at radius 3 is 2.76 bits per heavy atom. The Balaban J connectivity index is 0.00000225. The zero-order valence-electron chi connectivity index (χ0n) is 13.6. The number of nitrogens with zero attached hydrogens (tertiary/aromatic N) is 3. The van der Waals surface area contributed by atoms with Crippen LogP contribution in [0.3, 0.4) is 0 Å². The first-order valence-electron chi connectivity index (χ1n) is 7.62. The minimum absolute atomic E-state index is 0. The number of carbonyl (C=O) groups excluding carboxylic acids is 1. The van der Waals surface area contributed by atoms with Gasteiger partial charge in [-0.05, 0) is 12.1 Å². The van der Waals surface area contributed by atoms with Crippen molar-refractivity contribution in [3.8, 4) is 5.75 Å². The first kappa shape index (κ1) is 19.8. The fraction of sp³-hybridized carbons (Fsp3) is 0.375. The summed E-state index contributed by atoms with van der Waals surface area (Å²) in [5, 5.41) is 4.07. The summed E-state index contributed by atoms with van der Waals surface area (Å²) in [5.74, 6) is 1.05. The van der Waals surface area contributed by atoms with Gasteiger partial charge < -0.3 is 19.5 Å². The van der Waals surface area contributed by atoms with Crippen LogP contribution >= 0.6 is 35.6 Å². The van der Waals surface area contributed by atoms with Crippen LogP contribution in [0.15, 0.2) is 30.6 Å². The van der Waals surface area contributed by atoms with Crippen LogP contribution < -0.4 is 10.1 Å². The highest BCUT2D eigenvalue weighted by atomic mass is 35.5. The lowest BCUT2D eigenvalue weighted by Gasteiger charge is -2.35. The predicted octanol–water partition coefficient (Wildman–Crippen LogP) is 2.70. The van der Waals surface area contributed by atoms with Gasteiger partial charge in [-0.2, -0.15) is 0 Å². The highest BCUT2D eigenvalue weighted by molar-refractivity contribution is 6.37. The van der Waals surface area contributed by atoms with Gasteiger partial charge in [0.1, 0.15) is 11.9 Å². The maximum atomic E-state index is 12.7. The third-order valence-electron chi connectivity index (χ3n) is 3.98. The van der Waals surface area contributed by atoms with Gasteiger partial charge in [0.15, 0.2) is 12.4 Å². The number of ether oxygens (including phenoxy) is 1. The topological polar surface area (TPSA) is 59.4 Å². The monoisotopic (exact) mass is 404 g/mol. The number of para-hydroxylation sites is 1. The number of aryl methyl sites for hydroxylation is 1. The van der Waals surface area contributed by atoms with E-state index in [9.17, 15) is 4.79 Å². The molecule has 3 rings (SSSR count). The van der Waals surface area contributed by atoms with E-state index in [1.54, 1.807) is 29.3 Å². The predicted molar refractivity (Wildman–Crippen MR) is 99.7 cm³/mol. The van der Waals surface area contributed by atoms with Gasteiger partial charge in [-0.3, -0.25) is 4.79 Å². The molecule has 0 saturated carbocycles. The molecule has 0 spiro atoms. The molecule has 1 aromatic carbocycles. The third-order valence-corrected chi connectivity index (χ3v) is 4.57. The summed E-state index contributed by atoms with van der Waals surface area (Å²) in [7, 11) is 1.92. The number of rotatable bonds is 4. The van der Waals surface area contributed by atoms with Crippen molar-refractivity contribution in [1.82, 2.24) is 19.8 Å². The molecular formula is C16H19Cl3N4O2. The Bertz CT molecular complexity index is 718. The largest absolute Gasteiger partial charge is 0.481 e. The van der Waals surface area contributed by atoms with E-state index < -0.39 is 0 Å². The van der Waals surface area contributed by atoms with E-state index in [0.29, 0.717) is 28.9 Å². The fourth-order valence-electron chi connectivity index (χ4n) is 2.77. The first-order valence-corrected chi connectivity index (χ1v) is 8.37. The Morgan fingerprint density at radius 2 is 2.12 bits per heavy atom. The summed E-state index contributed by atoms with van der Waals surface area (Å²) >= 11 is 12.1. The number of carbonyl (C=O) groups is 1. The summed E-state index contributed by atoms with van der Waals surface area (Å²) in [4.78, 5) is 18.8. The van der Waals surface area contributed by atoms with Crippen molar-refractivity contribution in [3.63, 3.8) is 0 Å². The van der Waals surface area contributed by atoms with Crippen molar-refractivity contribution in [2.24, 2.45) is 7.05 Å².